The van der Waals surface area contributed by atoms with Crippen LogP contribution in [0.25, 0.3) is 0 Å². The molecule has 2 heteroatoms. The third kappa shape index (κ3) is 1.08. The standard InChI is InChI=1S/C11H15NO/c1-5-4-8-6(2)10(8)9(5)11(12)7(3)13/h6,8,10,12H,4H2,1-3H3/t6-,8+,10-/m1/s1. The highest BCUT2D eigenvalue weighted by molar-refractivity contribution is 6.44. The Labute approximate surface area is 78.5 Å². The molecule has 0 unspecified atom stereocenters. The van der Waals surface area contributed by atoms with Gasteiger partial charge in [0.2, 0.25) is 0 Å². The van der Waals surface area contributed by atoms with Gasteiger partial charge in [-0.05, 0) is 36.7 Å². The molecule has 0 heterocycles. The molecule has 2 aliphatic carbocycles. The van der Waals surface area contributed by atoms with Crippen molar-refractivity contribution in [3.05, 3.63) is 11.1 Å². The summed E-state index contributed by atoms with van der Waals surface area (Å²) >= 11 is 0. The zero-order valence-electron chi connectivity index (χ0n) is 8.35. The lowest BCUT2D eigenvalue weighted by Crippen LogP contribution is -2.13. The maximum absolute atomic E-state index is 11.1. The molecule has 0 aromatic rings. The van der Waals surface area contributed by atoms with Crippen molar-refractivity contribution in [3.63, 3.8) is 0 Å². The third-order valence-corrected chi connectivity index (χ3v) is 3.52. The molecule has 0 spiro atoms. The molecule has 0 radical (unpaired) electrons. The molecule has 70 valence electrons. The second kappa shape index (κ2) is 2.53. The van der Waals surface area contributed by atoms with Crippen LogP contribution in [0.2, 0.25) is 0 Å². The quantitative estimate of drug-likeness (QED) is 0.645. The van der Waals surface area contributed by atoms with Gasteiger partial charge in [0.05, 0.1) is 0 Å². The molecule has 13 heavy (non-hydrogen) atoms. The molecule has 0 saturated heterocycles. The Hall–Kier alpha value is -0.920. The van der Waals surface area contributed by atoms with Crippen LogP contribution < -0.4 is 0 Å². The zero-order chi connectivity index (χ0) is 9.75. The molecule has 1 saturated carbocycles. The summed E-state index contributed by atoms with van der Waals surface area (Å²) in [6, 6.07) is 0. The molecular weight excluding hydrogens is 162 g/mol. The molecule has 2 aliphatic rings. The Bertz CT molecular complexity index is 327. The van der Waals surface area contributed by atoms with Crippen molar-refractivity contribution in [2.45, 2.75) is 27.2 Å². The number of allylic oxidation sites excluding steroid dienone is 2. The molecule has 1 N–H and O–H groups in total. The molecular formula is C11H15NO. The lowest BCUT2D eigenvalue weighted by molar-refractivity contribution is -0.111. The first kappa shape index (κ1) is 8.67. The molecule has 0 aromatic heterocycles. The summed E-state index contributed by atoms with van der Waals surface area (Å²) in [4.78, 5) is 11.1. The van der Waals surface area contributed by atoms with Gasteiger partial charge in [-0.25, -0.2) is 0 Å². The predicted molar refractivity (Wildman–Crippen MR) is 51.9 cm³/mol. The Balaban J connectivity index is 2.28. The first-order valence-electron chi connectivity index (χ1n) is 4.83. The number of hydrogen-bond acceptors (Lipinski definition) is 2. The average molecular weight is 177 g/mol. The van der Waals surface area contributed by atoms with Crippen LogP contribution in [0.5, 0.6) is 0 Å². The van der Waals surface area contributed by atoms with Gasteiger partial charge in [0.1, 0.15) is 5.71 Å². The lowest BCUT2D eigenvalue weighted by Gasteiger charge is -2.06. The first-order chi connectivity index (χ1) is 6.04. The van der Waals surface area contributed by atoms with E-state index < -0.39 is 0 Å². The molecule has 3 atom stereocenters. The van der Waals surface area contributed by atoms with Gasteiger partial charge in [-0.15, -0.1) is 0 Å². The van der Waals surface area contributed by atoms with Crippen LogP contribution >= 0.6 is 0 Å². The summed E-state index contributed by atoms with van der Waals surface area (Å²) in [5, 5.41) is 7.71. The van der Waals surface area contributed by atoms with Crippen molar-refractivity contribution in [2.24, 2.45) is 17.8 Å². The summed E-state index contributed by atoms with van der Waals surface area (Å²) < 4.78 is 0. The number of fused-ring (bicyclic) bond motifs is 1. The molecule has 0 aromatic carbocycles. The van der Waals surface area contributed by atoms with Gasteiger partial charge in [-0.1, -0.05) is 12.5 Å². The number of carbonyl (C=O) groups is 1. The van der Waals surface area contributed by atoms with Crippen LogP contribution in [0.4, 0.5) is 0 Å². The number of hydrogen-bond donors (Lipinski definition) is 1. The summed E-state index contributed by atoms with van der Waals surface area (Å²) in [7, 11) is 0. The Morgan fingerprint density at radius 1 is 1.54 bits per heavy atom. The van der Waals surface area contributed by atoms with Crippen LogP contribution in [0.3, 0.4) is 0 Å². The number of rotatable bonds is 2. The minimum absolute atomic E-state index is 0.0888. The lowest BCUT2D eigenvalue weighted by atomic mass is 9.98. The SMILES string of the molecule is CC(=O)C(=N)C1=C(C)C[C@H]2[C@@H](C)[C@@H]12. The van der Waals surface area contributed by atoms with Gasteiger partial charge in [-0.2, -0.15) is 0 Å². The van der Waals surface area contributed by atoms with Crippen LogP contribution in [0.1, 0.15) is 27.2 Å². The second-order valence-corrected chi connectivity index (χ2v) is 4.38. The van der Waals surface area contributed by atoms with E-state index in [-0.39, 0.29) is 11.5 Å². The van der Waals surface area contributed by atoms with Gasteiger partial charge in [-0.3, -0.25) is 10.2 Å². The normalized spacial score (nSPS) is 36.1. The van der Waals surface area contributed by atoms with E-state index in [0.717, 1.165) is 17.9 Å². The van der Waals surface area contributed by atoms with Crippen LogP contribution in [0.15, 0.2) is 11.1 Å². The average Bonchev–Trinajstić information content (AvgIpc) is 2.55. The molecule has 0 aliphatic heterocycles. The van der Waals surface area contributed by atoms with E-state index in [1.54, 1.807) is 0 Å². The highest BCUT2D eigenvalue weighted by Crippen LogP contribution is 2.59. The number of Topliss-reactive ketones (excluding diaryl/α,β-unsaturated/α-hetero) is 1. The van der Waals surface area contributed by atoms with Crippen molar-refractivity contribution in [2.75, 3.05) is 0 Å². The molecule has 2 rings (SSSR count). The van der Waals surface area contributed by atoms with Crippen molar-refractivity contribution in [1.82, 2.24) is 0 Å². The van der Waals surface area contributed by atoms with Gasteiger partial charge in [0.25, 0.3) is 0 Å². The van der Waals surface area contributed by atoms with Gasteiger partial charge in [0, 0.05) is 6.92 Å². The second-order valence-electron chi connectivity index (χ2n) is 4.38. The largest absolute Gasteiger partial charge is 0.297 e. The summed E-state index contributed by atoms with van der Waals surface area (Å²) in [5.41, 5.74) is 2.59. The first-order valence-corrected chi connectivity index (χ1v) is 4.83. The Morgan fingerprint density at radius 3 is 2.62 bits per heavy atom. The minimum Gasteiger partial charge on any atom is -0.297 e. The zero-order valence-corrected chi connectivity index (χ0v) is 8.35. The molecule has 0 amide bonds. The summed E-state index contributed by atoms with van der Waals surface area (Å²) in [6.07, 6.45) is 1.11. The van der Waals surface area contributed by atoms with E-state index in [0.29, 0.717) is 11.8 Å². The topological polar surface area (TPSA) is 40.9 Å². The number of nitrogens with one attached hydrogen (secondary N) is 1. The molecule has 2 nitrogen and oxygen atoms in total. The third-order valence-electron chi connectivity index (χ3n) is 3.52. The maximum Gasteiger partial charge on any atom is 0.177 e. The Morgan fingerprint density at radius 2 is 2.15 bits per heavy atom. The van der Waals surface area contributed by atoms with E-state index >= 15 is 0 Å². The van der Waals surface area contributed by atoms with E-state index in [4.69, 9.17) is 5.41 Å². The fraction of sp³-hybridized carbons (Fsp3) is 0.636. The maximum atomic E-state index is 11.1. The van der Waals surface area contributed by atoms with E-state index in [1.165, 1.54) is 12.5 Å². The van der Waals surface area contributed by atoms with Crippen molar-refractivity contribution in [3.8, 4) is 0 Å². The van der Waals surface area contributed by atoms with Crippen LogP contribution in [-0.2, 0) is 4.79 Å². The van der Waals surface area contributed by atoms with Gasteiger partial charge in [0.15, 0.2) is 5.78 Å². The van der Waals surface area contributed by atoms with Crippen molar-refractivity contribution < 1.29 is 4.79 Å². The number of ketones is 1. The molecule has 0 bridgehead atoms. The van der Waals surface area contributed by atoms with Crippen molar-refractivity contribution >= 4 is 11.5 Å². The highest BCUT2D eigenvalue weighted by Gasteiger charge is 2.54. The van der Waals surface area contributed by atoms with E-state index in [9.17, 15) is 4.79 Å². The van der Waals surface area contributed by atoms with Gasteiger partial charge < -0.3 is 0 Å². The monoisotopic (exact) mass is 177 g/mol. The predicted octanol–water partition coefficient (Wildman–Crippen LogP) is 2.20. The summed E-state index contributed by atoms with van der Waals surface area (Å²) in [6.45, 7) is 5.77. The van der Waals surface area contributed by atoms with Crippen LogP contribution in [0, 0.1) is 23.2 Å². The van der Waals surface area contributed by atoms with Crippen molar-refractivity contribution in [1.29, 1.82) is 5.41 Å². The highest BCUT2D eigenvalue weighted by atomic mass is 16.1. The fourth-order valence-electron chi connectivity index (χ4n) is 2.65. The van der Waals surface area contributed by atoms with E-state index in [1.807, 2.05) is 0 Å². The molecule has 1 fully saturated rings. The van der Waals surface area contributed by atoms with Gasteiger partial charge >= 0.3 is 0 Å². The Kier molecular flexibility index (Phi) is 1.69. The number of carbonyl (C=O) groups excluding carboxylic acids is 1. The summed E-state index contributed by atoms with van der Waals surface area (Å²) in [5.74, 6) is 1.90. The fourth-order valence-corrected chi connectivity index (χ4v) is 2.65. The van der Waals surface area contributed by atoms with Crippen LogP contribution in [-0.4, -0.2) is 11.5 Å². The smallest absolute Gasteiger partial charge is 0.177 e. The minimum atomic E-state index is -0.0888. The van der Waals surface area contributed by atoms with E-state index in [2.05, 4.69) is 13.8 Å².